The number of nitrogens with zero attached hydrogens (tertiary/aromatic N) is 3. The van der Waals surface area contributed by atoms with Gasteiger partial charge in [-0.15, -0.1) is 0 Å². The van der Waals surface area contributed by atoms with Gasteiger partial charge in [-0.3, -0.25) is 4.99 Å². The normalized spacial score (nSPS) is 16.5. The average molecular weight is 620 g/mol. The van der Waals surface area contributed by atoms with E-state index in [1.54, 1.807) is 0 Å². The van der Waals surface area contributed by atoms with Crippen molar-refractivity contribution >= 4 is 60.7 Å². The van der Waals surface area contributed by atoms with E-state index >= 15 is 0 Å². The van der Waals surface area contributed by atoms with E-state index in [1.807, 2.05) is 78.9 Å². The standard InChI is InChI=1S/C42H27N4O2/c1-2-12-25(13-3-1)40-44-41(46-42(45-40)31-19-11-22-34-37(31)30-17-7-9-21-33(30)47-34)29-16-6-5-15-27(29)28-18-10-23-35-38(28)39-36(48-35)24-26-14-4-8-20-32(26)43-39/h1-24,41-42H,(H,44,45)/q-1. The molecule has 0 bridgehead atoms. The van der Waals surface area contributed by atoms with E-state index in [9.17, 15) is 0 Å². The summed E-state index contributed by atoms with van der Waals surface area (Å²) in [6.07, 6.45) is -0.864. The van der Waals surface area contributed by atoms with Crippen LogP contribution in [0.2, 0.25) is 0 Å². The topological polar surface area (TPSA) is 77.7 Å². The molecule has 0 amide bonds. The Kier molecular flexibility index (Phi) is 5.98. The Morgan fingerprint density at radius 2 is 1.25 bits per heavy atom. The van der Waals surface area contributed by atoms with Crippen LogP contribution in [0.5, 0.6) is 0 Å². The van der Waals surface area contributed by atoms with Gasteiger partial charge in [0.1, 0.15) is 28.1 Å². The van der Waals surface area contributed by atoms with Crippen LogP contribution in [0.25, 0.3) is 71.4 Å². The van der Waals surface area contributed by atoms with Crippen LogP contribution in [0.1, 0.15) is 29.0 Å². The summed E-state index contributed by atoms with van der Waals surface area (Å²) in [5.41, 5.74) is 10.2. The molecule has 10 rings (SSSR count). The zero-order chi connectivity index (χ0) is 31.6. The van der Waals surface area contributed by atoms with Gasteiger partial charge in [0.25, 0.3) is 0 Å². The molecular weight excluding hydrogens is 592 g/mol. The molecule has 2 unspecified atom stereocenters. The van der Waals surface area contributed by atoms with Crippen molar-refractivity contribution in [2.45, 2.75) is 12.3 Å². The van der Waals surface area contributed by atoms with E-state index < -0.39 is 12.3 Å². The number of pyridine rings is 1. The number of para-hydroxylation sites is 2. The lowest BCUT2D eigenvalue weighted by atomic mass is 9.94. The van der Waals surface area contributed by atoms with E-state index in [2.05, 4.69) is 72.0 Å². The molecule has 0 saturated heterocycles. The molecule has 4 heterocycles. The lowest BCUT2D eigenvalue weighted by Gasteiger charge is -2.44. The number of furan rings is 2. The first-order valence-corrected chi connectivity index (χ1v) is 16.1. The highest BCUT2D eigenvalue weighted by molar-refractivity contribution is 6.13. The molecule has 0 spiro atoms. The zero-order valence-corrected chi connectivity index (χ0v) is 25.7. The average Bonchev–Trinajstić information content (AvgIpc) is 3.72. The maximum absolute atomic E-state index is 6.40. The van der Waals surface area contributed by atoms with Crippen LogP contribution >= 0.6 is 0 Å². The monoisotopic (exact) mass is 619 g/mol. The molecule has 6 heteroatoms. The third-order valence-electron chi connectivity index (χ3n) is 9.29. The van der Waals surface area contributed by atoms with Gasteiger partial charge in [-0.2, -0.15) is 0 Å². The van der Waals surface area contributed by atoms with E-state index in [4.69, 9.17) is 24.1 Å². The molecule has 48 heavy (non-hydrogen) atoms. The van der Waals surface area contributed by atoms with Gasteiger partial charge < -0.3 is 19.5 Å². The van der Waals surface area contributed by atoms with Crippen molar-refractivity contribution in [2.75, 3.05) is 0 Å². The zero-order valence-electron chi connectivity index (χ0n) is 25.7. The van der Waals surface area contributed by atoms with Crippen LogP contribution in [0.3, 0.4) is 0 Å². The maximum atomic E-state index is 6.40. The lowest BCUT2D eigenvalue weighted by molar-refractivity contribution is 0.633. The summed E-state index contributed by atoms with van der Waals surface area (Å²) in [5, 5.41) is 13.3. The van der Waals surface area contributed by atoms with E-state index in [0.29, 0.717) is 0 Å². The smallest absolute Gasteiger partial charge is 0.154 e. The third-order valence-corrected chi connectivity index (χ3v) is 9.29. The Hall–Kier alpha value is -6.24. The highest BCUT2D eigenvalue weighted by atomic mass is 16.3. The van der Waals surface area contributed by atoms with Gasteiger partial charge in [0.05, 0.1) is 10.9 Å². The fourth-order valence-electron chi connectivity index (χ4n) is 7.12. The van der Waals surface area contributed by atoms with E-state index in [-0.39, 0.29) is 0 Å². The third kappa shape index (κ3) is 4.24. The van der Waals surface area contributed by atoms with Crippen LogP contribution < -0.4 is 5.32 Å². The minimum Gasteiger partial charge on any atom is -0.613 e. The summed E-state index contributed by atoms with van der Waals surface area (Å²) < 4.78 is 12.7. The Morgan fingerprint density at radius 3 is 2.19 bits per heavy atom. The van der Waals surface area contributed by atoms with Crippen molar-refractivity contribution in [3.8, 4) is 11.1 Å². The van der Waals surface area contributed by atoms with Gasteiger partial charge >= 0.3 is 0 Å². The number of hydrogen-bond donors (Lipinski definition) is 1. The largest absolute Gasteiger partial charge is 0.613 e. The molecular formula is C42H27N4O2-. The second-order valence-electron chi connectivity index (χ2n) is 12.1. The van der Waals surface area contributed by atoms with E-state index in [0.717, 1.165) is 88.6 Å². The predicted octanol–water partition coefficient (Wildman–Crippen LogP) is 10.8. The molecule has 3 aromatic heterocycles. The number of nitrogens with one attached hydrogen (secondary N) is 1. The Labute approximate surface area is 275 Å². The molecule has 0 radical (unpaired) electrons. The number of benzene rings is 6. The van der Waals surface area contributed by atoms with Gasteiger partial charge in [0.15, 0.2) is 5.58 Å². The fourth-order valence-corrected chi connectivity index (χ4v) is 7.12. The van der Waals surface area contributed by atoms with Gasteiger partial charge in [-0.1, -0.05) is 115 Å². The van der Waals surface area contributed by atoms with Gasteiger partial charge in [0, 0.05) is 21.7 Å². The number of aromatic nitrogens is 1. The van der Waals surface area contributed by atoms with Crippen LogP contribution in [0, 0.1) is 0 Å². The minimum absolute atomic E-state index is 0.394. The molecule has 9 aromatic rings. The van der Waals surface area contributed by atoms with Crippen LogP contribution in [0.15, 0.2) is 159 Å². The van der Waals surface area contributed by atoms with E-state index in [1.165, 1.54) is 0 Å². The van der Waals surface area contributed by atoms with Crippen LogP contribution in [-0.4, -0.2) is 10.8 Å². The van der Waals surface area contributed by atoms with Crippen LogP contribution in [-0.2, 0) is 0 Å². The molecule has 0 aliphatic carbocycles. The molecule has 1 N–H and O–H groups in total. The van der Waals surface area contributed by atoms with Gasteiger partial charge in [-0.05, 0) is 64.9 Å². The lowest BCUT2D eigenvalue weighted by Crippen LogP contribution is -2.34. The summed E-state index contributed by atoms with van der Waals surface area (Å²) in [7, 11) is 0. The molecule has 0 fully saturated rings. The first-order valence-electron chi connectivity index (χ1n) is 16.1. The Bertz CT molecular complexity index is 2710. The van der Waals surface area contributed by atoms with Gasteiger partial charge in [0.2, 0.25) is 0 Å². The number of rotatable bonds is 4. The van der Waals surface area contributed by atoms with Crippen molar-refractivity contribution < 1.29 is 8.83 Å². The number of hydrogen-bond acceptors (Lipinski definition) is 5. The van der Waals surface area contributed by atoms with Crippen molar-refractivity contribution in [3.63, 3.8) is 0 Å². The summed E-state index contributed by atoms with van der Waals surface area (Å²) in [4.78, 5) is 10.3. The second-order valence-corrected chi connectivity index (χ2v) is 12.1. The Balaban J connectivity index is 1.16. The second kappa shape index (κ2) is 10.7. The fraction of sp³-hybridized carbons (Fsp3) is 0.0476. The summed E-state index contributed by atoms with van der Waals surface area (Å²) in [6, 6.07) is 49.5. The highest BCUT2D eigenvalue weighted by Crippen LogP contribution is 2.45. The molecule has 1 aliphatic heterocycles. The first kappa shape index (κ1) is 26.9. The van der Waals surface area contributed by atoms with Gasteiger partial charge in [-0.25, -0.2) is 4.98 Å². The quantitative estimate of drug-likeness (QED) is 0.213. The highest BCUT2D eigenvalue weighted by Gasteiger charge is 2.23. The molecule has 2 atom stereocenters. The van der Waals surface area contributed by atoms with Crippen molar-refractivity contribution in [1.29, 1.82) is 0 Å². The summed E-state index contributed by atoms with van der Waals surface area (Å²) in [5.74, 6) is 0.792. The molecule has 6 nitrogen and oxygen atoms in total. The van der Waals surface area contributed by atoms with Crippen molar-refractivity contribution in [2.24, 2.45) is 4.99 Å². The molecule has 6 aromatic carbocycles. The number of aliphatic imine (C=N–C) groups is 1. The minimum atomic E-state index is -0.470. The van der Waals surface area contributed by atoms with Crippen molar-refractivity contribution in [1.82, 2.24) is 10.3 Å². The summed E-state index contributed by atoms with van der Waals surface area (Å²) in [6.45, 7) is 0. The molecule has 1 aliphatic rings. The SMILES string of the molecule is c1ccc(C2=NC(c3cccc4oc5ccccc5c34)[N-]C(c3ccccc3-c3cccc4oc5cc6ccccc6nc5c34)N2)cc1. The number of amidine groups is 1. The Morgan fingerprint density at radius 1 is 0.562 bits per heavy atom. The molecule has 0 saturated carbocycles. The predicted molar refractivity (Wildman–Crippen MR) is 193 cm³/mol. The summed E-state index contributed by atoms with van der Waals surface area (Å²) >= 11 is 0. The van der Waals surface area contributed by atoms with Crippen molar-refractivity contribution in [3.05, 3.63) is 168 Å². The number of fused-ring (bicyclic) bond motifs is 7. The maximum Gasteiger partial charge on any atom is 0.154 e. The molecule has 228 valence electrons. The first-order chi connectivity index (χ1) is 23.8. The van der Waals surface area contributed by atoms with Crippen LogP contribution in [0.4, 0.5) is 0 Å².